The highest BCUT2D eigenvalue weighted by Crippen LogP contribution is 2.63. The molecule has 2 aliphatic rings. The van der Waals surface area contributed by atoms with E-state index in [2.05, 4.69) is 29.8 Å². The second-order valence-corrected chi connectivity index (χ2v) is 7.05. The van der Waals surface area contributed by atoms with E-state index in [4.69, 9.17) is 0 Å². The van der Waals surface area contributed by atoms with Crippen LogP contribution in [-0.2, 0) is 5.41 Å². The summed E-state index contributed by atoms with van der Waals surface area (Å²) in [5, 5.41) is 5.83. The molecular weight excluding hydrogens is 226 g/mol. The first-order valence-corrected chi connectivity index (χ1v) is 7.91. The third-order valence-corrected chi connectivity index (χ3v) is 5.96. The van der Waals surface area contributed by atoms with E-state index in [0.717, 1.165) is 12.0 Å². The van der Waals surface area contributed by atoms with Crippen LogP contribution in [0.25, 0.3) is 0 Å². The molecule has 1 spiro atoms. The fraction of sp³-hybridized carbons (Fsp3) is 0.733. The minimum atomic E-state index is 0.481. The van der Waals surface area contributed by atoms with Gasteiger partial charge in [-0.3, -0.25) is 0 Å². The van der Waals surface area contributed by atoms with E-state index < -0.39 is 0 Å². The Morgan fingerprint density at radius 2 is 2.06 bits per heavy atom. The third kappa shape index (κ3) is 1.96. The Morgan fingerprint density at radius 3 is 2.65 bits per heavy atom. The molecule has 2 fully saturated rings. The van der Waals surface area contributed by atoms with Gasteiger partial charge in [0.1, 0.15) is 0 Å². The van der Waals surface area contributed by atoms with Crippen LogP contribution in [0.1, 0.15) is 50.3 Å². The maximum atomic E-state index is 3.59. The second-order valence-electron chi connectivity index (χ2n) is 6.10. The fourth-order valence-electron chi connectivity index (χ4n) is 4.19. The maximum Gasteiger partial charge on any atom is 0.0182 e. The van der Waals surface area contributed by atoms with Crippen LogP contribution in [-0.4, -0.2) is 13.1 Å². The smallest absolute Gasteiger partial charge is 0.0182 e. The predicted molar refractivity (Wildman–Crippen MR) is 74.7 cm³/mol. The van der Waals surface area contributed by atoms with Gasteiger partial charge in [0, 0.05) is 16.8 Å². The molecule has 0 atom stereocenters. The highest BCUT2D eigenvalue weighted by Gasteiger charge is 2.55. The molecule has 17 heavy (non-hydrogen) atoms. The summed E-state index contributed by atoms with van der Waals surface area (Å²) in [7, 11) is 0. The number of likely N-dealkylation sites (N-methyl/N-ethyl adjacent to an activating group) is 1. The van der Waals surface area contributed by atoms with Crippen molar-refractivity contribution in [3.8, 4) is 0 Å². The van der Waals surface area contributed by atoms with Gasteiger partial charge in [0.25, 0.3) is 0 Å². The van der Waals surface area contributed by atoms with Crippen molar-refractivity contribution in [3.63, 3.8) is 0 Å². The lowest BCUT2D eigenvalue weighted by Crippen LogP contribution is -2.53. The molecular formula is C15H23NS. The lowest BCUT2D eigenvalue weighted by atomic mass is 9.51. The molecule has 0 radical (unpaired) electrons. The average molecular weight is 249 g/mol. The van der Waals surface area contributed by atoms with E-state index in [-0.39, 0.29) is 0 Å². The van der Waals surface area contributed by atoms with Gasteiger partial charge < -0.3 is 5.32 Å². The van der Waals surface area contributed by atoms with Gasteiger partial charge in [-0.1, -0.05) is 25.8 Å². The Morgan fingerprint density at radius 1 is 1.29 bits per heavy atom. The van der Waals surface area contributed by atoms with Crippen molar-refractivity contribution in [1.82, 2.24) is 5.32 Å². The molecule has 0 bridgehead atoms. The third-order valence-electron chi connectivity index (χ3n) is 4.85. The molecule has 0 amide bonds. The zero-order valence-electron chi connectivity index (χ0n) is 10.8. The Bertz CT molecular complexity index is 354. The molecule has 0 aromatic carbocycles. The number of hydrogen-bond donors (Lipinski definition) is 1. The zero-order valence-corrected chi connectivity index (χ0v) is 11.6. The average Bonchev–Trinajstić information content (AvgIpc) is 2.94. The van der Waals surface area contributed by atoms with E-state index in [9.17, 15) is 0 Å². The molecule has 2 saturated carbocycles. The summed E-state index contributed by atoms with van der Waals surface area (Å²) in [6.45, 7) is 4.50. The Labute approximate surface area is 109 Å². The molecule has 0 aliphatic heterocycles. The van der Waals surface area contributed by atoms with Crippen LogP contribution >= 0.6 is 11.3 Å². The van der Waals surface area contributed by atoms with Gasteiger partial charge in [0.05, 0.1) is 0 Å². The molecule has 1 nitrogen and oxygen atoms in total. The number of hydrogen-bond acceptors (Lipinski definition) is 2. The molecule has 0 saturated heterocycles. The van der Waals surface area contributed by atoms with Crippen molar-refractivity contribution in [2.75, 3.05) is 13.1 Å². The van der Waals surface area contributed by atoms with Gasteiger partial charge in [-0.25, -0.2) is 0 Å². The first-order chi connectivity index (χ1) is 8.29. The number of nitrogens with one attached hydrogen (secondary N) is 1. The highest BCUT2D eigenvalue weighted by atomic mass is 32.1. The highest BCUT2D eigenvalue weighted by molar-refractivity contribution is 7.10. The Balaban J connectivity index is 1.76. The van der Waals surface area contributed by atoms with Gasteiger partial charge in [0.2, 0.25) is 0 Å². The SMILES string of the molecule is CCNCC1(c2cccs2)CC2(CCCC2)C1. The lowest BCUT2D eigenvalue weighted by molar-refractivity contribution is 0.0297. The summed E-state index contributed by atoms with van der Waals surface area (Å²) in [5.74, 6) is 0. The maximum absolute atomic E-state index is 3.59. The fourth-order valence-corrected chi connectivity index (χ4v) is 5.12. The normalized spacial score (nSPS) is 25.0. The first kappa shape index (κ1) is 11.7. The summed E-state index contributed by atoms with van der Waals surface area (Å²) in [4.78, 5) is 1.62. The minimum absolute atomic E-state index is 0.481. The van der Waals surface area contributed by atoms with Crippen molar-refractivity contribution >= 4 is 11.3 Å². The topological polar surface area (TPSA) is 12.0 Å². The first-order valence-electron chi connectivity index (χ1n) is 7.03. The Kier molecular flexibility index (Phi) is 3.04. The standard InChI is InChI=1S/C15H23NS/c1-2-16-12-15(13-6-5-9-17-13)10-14(11-15)7-3-4-8-14/h5-6,9,16H,2-4,7-8,10-12H2,1H3. The molecule has 1 aromatic heterocycles. The van der Waals surface area contributed by atoms with Gasteiger partial charge in [-0.05, 0) is 49.1 Å². The molecule has 0 unspecified atom stereocenters. The summed E-state index contributed by atoms with van der Waals surface area (Å²) >= 11 is 1.96. The van der Waals surface area contributed by atoms with E-state index in [1.54, 1.807) is 4.88 Å². The van der Waals surface area contributed by atoms with Gasteiger partial charge in [0.15, 0.2) is 0 Å². The van der Waals surface area contributed by atoms with Crippen LogP contribution in [0.4, 0.5) is 0 Å². The van der Waals surface area contributed by atoms with Crippen molar-refractivity contribution in [2.24, 2.45) is 5.41 Å². The van der Waals surface area contributed by atoms with Crippen molar-refractivity contribution in [3.05, 3.63) is 22.4 Å². The summed E-state index contributed by atoms with van der Waals surface area (Å²) in [6.07, 6.45) is 8.81. The molecule has 94 valence electrons. The number of rotatable bonds is 4. The molecule has 1 heterocycles. The lowest BCUT2D eigenvalue weighted by Gasteiger charge is -2.55. The monoisotopic (exact) mass is 249 g/mol. The molecule has 2 aliphatic carbocycles. The molecule has 1 aromatic rings. The largest absolute Gasteiger partial charge is 0.316 e. The molecule has 3 rings (SSSR count). The summed E-state index contributed by atoms with van der Waals surface area (Å²) in [6, 6.07) is 4.57. The molecule has 2 heteroatoms. The predicted octanol–water partition coefficient (Wildman–Crippen LogP) is 3.95. The van der Waals surface area contributed by atoms with E-state index in [1.807, 2.05) is 11.3 Å². The van der Waals surface area contributed by atoms with Gasteiger partial charge >= 0.3 is 0 Å². The van der Waals surface area contributed by atoms with Crippen LogP contribution in [0, 0.1) is 5.41 Å². The van der Waals surface area contributed by atoms with Crippen molar-refractivity contribution in [1.29, 1.82) is 0 Å². The van der Waals surface area contributed by atoms with Gasteiger partial charge in [-0.15, -0.1) is 11.3 Å². The van der Waals surface area contributed by atoms with Crippen molar-refractivity contribution < 1.29 is 0 Å². The van der Waals surface area contributed by atoms with E-state index in [0.29, 0.717) is 5.41 Å². The quantitative estimate of drug-likeness (QED) is 0.852. The van der Waals surface area contributed by atoms with Crippen LogP contribution in [0.3, 0.4) is 0 Å². The second kappa shape index (κ2) is 4.40. The summed E-state index contributed by atoms with van der Waals surface area (Å²) in [5.41, 5.74) is 1.22. The molecule has 1 N–H and O–H groups in total. The summed E-state index contributed by atoms with van der Waals surface area (Å²) < 4.78 is 0. The van der Waals surface area contributed by atoms with E-state index in [1.165, 1.54) is 45.1 Å². The van der Waals surface area contributed by atoms with Crippen LogP contribution in [0.2, 0.25) is 0 Å². The van der Waals surface area contributed by atoms with E-state index >= 15 is 0 Å². The van der Waals surface area contributed by atoms with Crippen LogP contribution < -0.4 is 5.32 Å². The number of thiophene rings is 1. The van der Waals surface area contributed by atoms with Gasteiger partial charge in [-0.2, -0.15) is 0 Å². The van der Waals surface area contributed by atoms with Crippen LogP contribution in [0.15, 0.2) is 17.5 Å². The van der Waals surface area contributed by atoms with Crippen LogP contribution in [0.5, 0.6) is 0 Å². The minimum Gasteiger partial charge on any atom is -0.316 e. The Hall–Kier alpha value is -0.340. The van der Waals surface area contributed by atoms with Crippen molar-refractivity contribution in [2.45, 2.75) is 50.9 Å². The zero-order chi connectivity index (χ0) is 11.8.